The van der Waals surface area contributed by atoms with Gasteiger partial charge in [0.25, 0.3) is 0 Å². The van der Waals surface area contributed by atoms with Gasteiger partial charge in [-0.15, -0.1) is 0 Å². The first-order valence-corrected chi connectivity index (χ1v) is 7.91. The zero-order chi connectivity index (χ0) is 21.6. The van der Waals surface area contributed by atoms with Crippen molar-refractivity contribution in [2.75, 3.05) is 0 Å². The quantitative estimate of drug-likeness (QED) is 0.623. The molecule has 1 N–H and O–H groups in total. The maximum absolute atomic E-state index is 13.1. The number of rotatable bonds is 4. The Morgan fingerprint density at radius 1 is 1.10 bits per heavy atom. The summed E-state index contributed by atoms with van der Waals surface area (Å²) < 4.78 is 78.5. The third-order valence-corrected chi connectivity index (χ3v) is 3.89. The molecule has 3 aromatic rings. The molecule has 0 saturated carbocycles. The Morgan fingerprint density at radius 2 is 1.79 bits per heavy atom. The Hall–Kier alpha value is -3.09. The Kier molecular flexibility index (Phi) is 5.03. The molecular weight excluding hydrogens is 432 g/mol. The highest BCUT2D eigenvalue weighted by Gasteiger charge is 2.42. The molecule has 7 nitrogen and oxygen atoms in total. The van der Waals surface area contributed by atoms with E-state index in [0.717, 1.165) is 10.7 Å². The first kappa shape index (κ1) is 20.6. The van der Waals surface area contributed by atoms with E-state index in [9.17, 15) is 36.2 Å². The van der Waals surface area contributed by atoms with Gasteiger partial charge in [0.2, 0.25) is 0 Å². The van der Waals surface area contributed by atoms with Crippen molar-refractivity contribution in [3.05, 3.63) is 58.3 Å². The maximum Gasteiger partial charge on any atom is 0.435 e. The lowest BCUT2D eigenvalue weighted by atomic mass is 10.3. The van der Waals surface area contributed by atoms with Crippen LogP contribution in [0.25, 0.3) is 5.82 Å². The molecule has 3 rings (SSSR count). The highest BCUT2D eigenvalue weighted by Crippen LogP contribution is 2.35. The van der Waals surface area contributed by atoms with Crippen molar-refractivity contribution in [1.29, 1.82) is 0 Å². The van der Waals surface area contributed by atoms with Gasteiger partial charge in [-0.25, -0.2) is 14.5 Å². The van der Waals surface area contributed by atoms with E-state index < -0.39 is 41.9 Å². The number of alkyl halides is 6. The van der Waals surface area contributed by atoms with Crippen LogP contribution >= 0.6 is 11.6 Å². The van der Waals surface area contributed by atoms with E-state index in [1.165, 1.54) is 18.3 Å². The second-order valence-corrected chi connectivity index (χ2v) is 6.02. The number of carbonyl (C=O) groups is 1. The predicted octanol–water partition coefficient (Wildman–Crippen LogP) is 3.90. The fourth-order valence-corrected chi connectivity index (χ4v) is 2.61. The number of carboxylic acid groups (broad SMARTS) is 1. The fraction of sp³-hybridized carbons (Fsp3) is 0.200. The van der Waals surface area contributed by atoms with Gasteiger partial charge in [-0.05, 0) is 18.2 Å². The molecule has 0 spiro atoms. The molecule has 14 heteroatoms. The van der Waals surface area contributed by atoms with Gasteiger partial charge in [0.15, 0.2) is 17.2 Å². The number of carboxylic acids is 1. The van der Waals surface area contributed by atoms with Crippen LogP contribution in [0.4, 0.5) is 26.3 Å². The van der Waals surface area contributed by atoms with Gasteiger partial charge in [-0.3, -0.25) is 4.68 Å². The standard InChI is InChI=1S/C15H8ClF6N5O2/c16-8-2-1-3-23-12(8)27-9(13(28)29)4-7(24-27)6-26-11(15(20,21)22)5-10(25-26)14(17,18)19/h1-5H,6H2,(H,28,29). The molecule has 0 unspecified atom stereocenters. The molecule has 0 atom stereocenters. The van der Waals surface area contributed by atoms with Crippen molar-refractivity contribution in [1.82, 2.24) is 24.5 Å². The Balaban J connectivity index is 2.08. The molecule has 0 aliphatic heterocycles. The Bertz CT molecular complexity index is 1070. The average molecular weight is 440 g/mol. The molecule has 154 valence electrons. The number of pyridine rings is 1. The van der Waals surface area contributed by atoms with Gasteiger partial charge < -0.3 is 5.11 Å². The van der Waals surface area contributed by atoms with Gasteiger partial charge in [-0.2, -0.15) is 36.5 Å². The maximum atomic E-state index is 13.1. The lowest BCUT2D eigenvalue weighted by Crippen LogP contribution is -2.16. The summed E-state index contributed by atoms with van der Waals surface area (Å²) in [5.41, 5.74) is -4.20. The fourth-order valence-electron chi connectivity index (χ4n) is 2.41. The molecule has 3 heterocycles. The lowest BCUT2D eigenvalue weighted by molar-refractivity contribution is -0.144. The highest BCUT2D eigenvalue weighted by atomic mass is 35.5. The van der Waals surface area contributed by atoms with Gasteiger partial charge in [0, 0.05) is 12.3 Å². The Morgan fingerprint density at radius 3 is 2.34 bits per heavy atom. The number of halogens is 7. The molecule has 0 aliphatic carbocycles. The van der Waals surface area contributed by atoms with Crippen LogP contribution in [0.5, 0.6) is 0 Å². The summed E-state index contributed by atoms with van der Waals surface area (Å²) in [5.74, 6) is -1.62. The van der Waals surface area contributed by atoms with E-state index in [-0.39, 0.29) is 27.3 Å². The van der Waals surface area contributed by atoms with Crippen molar-refractivity contribution in [3.63, 3.8) is 0 Å². The number of hydrogen-bond donors (Lipinski definition) is 1. The second-order valence-electron chi connectivity index (χ2n) is 5.61. The zero-order valence-electron chi connectivity index (χ0n) is 13.8. The van der Waals surface area contributed by atoms with Gasteiger partial charge >= 0.3 is 18.3 Å². The van der Waals surface area contributed by atoms with Crippen LogP contribution < -0.4 is 0 Å². The van der Waals surface area contributed by atoms with Crippen LogP contribution in [0.2, 0.25) is 5.02 Å². The number of nitrogens with zero attached hydrogens (tertiary/aromatic N) is 5. The van der Waals surface area contributed by atoms with E-state index in [4.69, 9.17) is 11.6 Å². The zero-order valence-corrected chi connectivity index (χ0v) is 14.6. The first-order valence-electron chi connectivity index (χ1n) is 7.53. The van der Waals surface area contributed by atoms with Crippen LogP contribution in [-0.4, -0.2) is 35.6 Å². The summed E-state index contributed by atoms with van der Waals surface area (Å²) >= 11 is 5.94. The molecule has 0 radical (unpaired) electrons. The number of aromatic nitrogens is 5. The van der Waals surface area contributed by atoms with Crippen LogP contribution in [0.3, 0.4) is 0 Å². The number of aromatic carboxylic acids is 1. The molecule has 0 fully saturated rings. The molecule has 0 aromatic carbocycles. The molecule has 3 aromatic heterocycles. The second kappa shape index (κ2) is 7.06. The van der Waals surface area contributed by atoms with Crippen molar-refractivity contribution < 1.29 is 36.2 Å². The van der Waals surface area contributed by atoms with Crippen molar-refractivity contribution in [2.24, 2.45) is 0 Å². The first-order chi connectivity index (χ1) is 13.4. The van der Waals surface area contributed by atoms with E-state index in [1.807, 2.05) is 0 Å². The Labute approximate surface area is 162 Å². The lowest BCUT2D eigenvalue weighted by Gasteiger charge is -2.08. The molecular formula is C15H8ClF6N5O2. The highest BCUT2D eigenvalue weighted by molar-refractivity contribution is 6.32. The molecule has 29 heavy (non-hydrogen) atoms. The van der Waals surface area contributed by atoms with E-state index in [1.54, 1.807) is 0 Å². The summed E-state index contributed by atoms with van der Waals surface area (Å²) in [7, 11) is 0. The van der Waals surface area contributed by atoms with Crippen LogP contribution in [0.1, 0.15) is 27.6 Å². The molecule has 0 aliphatic rings. The summed E-state index contributed by atoms with van der Waals surface area (Å²) in [6.45, 7) is -0.872. The van der Waals surface area contributed by atoms with E-state index in [2.05, 4.69) is 15.2 Å². The van der Waals surface area contributed by atoms with Gasteiger partial charge in [-0.1, -0.05) is 11.6 Å². The normalized spacial score (nSPS) is 12.4. The summed E-state index contributed by atoms with van der Waals surface area (Å²) in [6.07, 6.45) is -8.95. The van der Waals surface area contributed by atoms with Crippen LogP contribution in [-0.2, 0) is 18.9 Å². The van der Waals surface area contributed by atoms with Crippen LogP contribution in [0, 0.1) is 0 Å². The molecule has 0 saturated heterocycles. The summed E-state index contributed by atoms with van der Waals surface area (Å²) in [4.78, 5) is 15.3. The molecule has 0 amide bonds. The van der Waals surface area contributed by atoms with Gasteiger partial charge in [0.1, 0.15) is 5.69 Å². The largest absolute Gasteiger partial charge is 0.477 e. The van der Waals surface area contributed by atoms with Crippen molar-refractivity contribution in [2.45, 2.75) is 18.9 Å². The van der Waals surface area contributed by atoms with E-state index >= 15 is 0 Å². The topological polar surface area (TPSA) is 85.8 Å². The minimum absolute atomic E-state index is 0.000854. The third kappa shape index (κ3) is 4.18. The summed E-state index contributed by atoms with van der Waals surface area (Å²) in [5, 5.41) is 16.1. The SMILES string of the molecule is O=C(O)c1cc(Cn2nc(C(F)(F)F)cc2C(F)(F)F)nn1-c1ncccc1Cl. The minimum Gasteiger partial charge on any atom is -0.477 e. The van der Waals surface area contributed by atoms with Crippen molar-refractivity contribution in [3.8, 4) is 5.82 Å². The third-order valence-electron chi connectivity index (χ3n) is 3.59. The van der Waals surface area contributed by atoms with Crippen LogP contribution in [0.15, 0.2) is 30.5 Å². The average Bonchev–Trinajstić information content (AvgIpc) is 3.19. The van der Waals surface area contributed by atoms with E-state index in [0.29, 0.717) is 0 Å². The van der Waals surface area contributed by atoms with Crippen molar-refractivity contribution >= 4 is 17.6 Å². The summed E-state index contributed by atoms with van der Waals surface area (Å²) in [6, 6.07) is 3.59. The van der Waals surface area contributed by atoms with Gasteiger partial charge in [0.05, 0.1) is 17.3 Å². The molecule has 0 bridgehead atoms. The number of hydrogen-bond acceptors (Lipinski definition) is 4. The monoisotopic (exact) mass is 439 g/mol. The predicted molar refractivity (Wildman–Crippen MR) is 84.7 cm³/mol. The smallest absolute Gasteiger partial charge is 0.435 e. The minimum atomic E-state index is -5.13.